The van der Waals surface area contributed by atoms with E-state index in [2.05, 4.69) is 20.0 Å². The van der Waals surface area contributed by atoms with Crippen LogP contribution in [0.15, 0.2) is 36.7 Å². The number of morpholine rings is 1. The lowest BCUT2D eigenvalue weighted by molar-refractivity contribution is 0.111. The second-order valence-corrected chi connectivity index (χ2v) is 5.29. The van der Waals surface area contributed by atoms with Gasteiger partial charge in [0.1, 0.15) is 11.5 Å². The number of hydrogen-bond donors (Lipinski definition) is 0. The Morgan fingerprint density at radius 3 is 2.65 bits per heavy atom. The molecular weight excluding hydrogens is 294 g/mol. The summed E-state index contributed by atoms with van der Waals surface area (Å²) in [7, 11) is 0. The number of pyridine rings is 1. The molecule has 0 aromatic carbocycles. The van der Waals surface area contributed by atoms with E-state index in [4.69, 9.17) is 4.74 Å². The Kier molecular flexibility index (Phi) is 3.47. The number of hydrogen-bond acceptors (Lipinski definition) is 6. The zero-order valence-corrected chi connectivity index (χ0v) is 12.4. The topological polar surface area (TPSA) is 72.6 Å². The quantitative estimate of drug-likeness (QED) is 0.682. The van der Waals surface area contributed by atoms with Crippen LogP contribution >= 0.6 is 0 Å². The molecule has 0 saturated carbocycles. The van der Waals surface area contributed by atoms with Crippen molar-refractivity contribution in [2.75, 3.05) is 31.2 Å². The van der Waals surface area contributed by atoms with E-state index in [9.17, 15) is 4.79 Å². The van der Waals surface area contributed by atoms with Gasteiger partial charge in [0.05, 0.1) is 18.9 Å². The summed E-state index contributed by atoms with van der Waals surface area (Å²) < 4.78 is 7.19. The number of fused-ring (bicyclic) bond motifs is 1. The van der Waals surface area contributed by atoms with Gasteiger partial charge in [0.15, 0.2) is 11.9 Å². The van der Waals surface area contributed by atoms with Crippen molar-refractivity contribution in [2.45, 2.75) is 0 Å². The van der Waals surface area contributed by atoms with Crippen molar-refractivity contribution in [3.05, 3.63) is 42.4 Å². The Bertz CT molecular complexity index is 840. The minimum atomic E-state index is 0.403. The van der Waals surface area contributed by atoms with Crippen LogP contribution in [0.25, 0.3) is 16.9 Å². The molecule has 1 aliphatic heterocycles. The van der Waals surface area contributed by atoms with Gasteiger partial charge in [-0.05, 0) is 12.1 Å². The molecule has 0 radical (unpaired) electrons. The maximum absolute atomic E-state index is 11.2. The molecule has 0 amide bonds. The molecule has 4 heterocycles. The van der Waals surface area contributed by atoms with E-state index in [0.717, 1.165) is 36.5 Å². The van der Waals surface area contributed by atoms with Gasteiger partial charge in [-0.2, -0.15) is 9.61 Å². The summed E-state index contributed by atoms with van der Waals surface area (Å²) in [6.45, 7) is 2.86. The van der Waals surface area contributed by atoms with Crippen LogP contribution < -0.4 is 4.90 Å². The van der Waals surface area contributed by atoms with Crippen LogP contribution in [0.1, 0.15) is 10.5 Å². The van der Waals surface area contributed by atoms with Crippen LogP contribution in [0, 0.1) is 0 Å². The summed E-state index contributed by atoms with van der Waals surface area (Å²) in [6, 6.07) is 7.45. The van der Waals surface area contributed by atoms with Gasteiger partial charge in [-0.3, -0.25) is 9.78 Å². The van der Waals surface area contributed by atoms with Gasteiger partial charge in [0.25, 0.3) is 0 Å². The monoisotopic (exact) mass is 309 g/mol. The number of aromatic nitrogens is 4. The maximum atomic E-state index is 11.2. The van der Waals surface area contributed by atoms with Gasteiger partial charge < -0.3 is 9.64 Å². The van der Waals surface area contributed by atoms with E-state index in [0.29, 0.717) is 24.6 Å². The van der Waals surface area contributed by atoms with Crippen molar-refractivity contribution in [3.63, 3.8) is 0 Å². The van der Waals surface area contributed by atoms with E-state index < -0.39 is 0 Å². The third kappa shape index (κ3) is 2.55. The SMILES string of the molecule is O=Cc1cc(N2CCOCC2)n2nc(-c3ccncc3)cc2n1. The lowest BCUT2D eigenvalue weighted by atomic mass is 10.2. The lowest BCUT2D eigenvalue weighted by Gasteiger charge is -2.28. The number of rotatable bonds is 3. The molecule has 0 aliphatic carbocycles. The molecule has 7 nitrogen and oxygen atoms in total. The molecule has 3 aromatic heterocycles. The maximum Gasteiger partial charge on any atom is 0.168 e. The molecule has 116 valence electrons. The Labute approximate surface area is 132 Å². The average molecular weight is 309 g/mol. The molecule has 1 fully saturated rings. The fraction of sp³-hybridized carbons (Fsp3) is 0.250. The van der Waals surface area contributed by atoms with Crippen molar-refractivity contribution in [1.82, 2.24) is 19.6 Å². The minimum absolute atomic E-state index is 0.403. The highest BCUT2D eigenvalue weighted by Crippen LogP contribution is 2.23. The molecule has 7 heteroatoms. The Hall–Kier alpha value is -2.80. The number of nitrogens with zero attached hydrogens (tertiary/aromatic N) is 5. The first-order valence-corrected chi connectivity index (χ1v) is 7.44. The fourth-order valence-electron chi connectivity index (χ4n) is 2.72. The van der Waals surface area contributed by atoms with Crippen LogP contribution in [-0.2, 0) is 4.74 Å². The third-order valence-corrected chi connectivity index (χ3v) is 3.86. The lowest BCUT2D eigenvalue weighted by Crippen LogP contribution is -2.37. The first-order chi connectivity index (χ1) is 11.3. The zero-order valence-electron chi connectivity index (χ0n) is 12.4. The molecule has 0 bridgehead atoms. The number of aldehydes is 1. The molecule has 0 atom stereocenters. The van der Waals surface area contributed by atoms with E-state index in [1.165, 1.54) is 0 Å². The highest BCUT2D eigenvalue weighted by molar-refractivity contribution is 5.76. The molecule has 1 aliphatic rings. The Balaban J connectivity index is 1.87. The van der Waals surface area contributed by atoms with Crippen molar-refractivity contribution in [3.8, 4) is 11.3 Å². The summed E-state index contributed by atoms with van der Waals surface area (Å²) >= 11 is 0. The van der Waals surface area contributed by atoms with Crippen molar-refractivity contribution < 1.29 is 9.53 Å². The van der Waals surface area contributed by atoms with Gasteiger partial charge >= 0.3 is 0 Å². The first kappa shape index (κ1) is 13.8. The van der Waals surface area contributed by atoms with Gasteiger partial charge in [-0.15, -0.1) is 0 Å². The number of carbonyl (C=O) groups is 1. The summed E-state index contributed by atoms with van der Waals surface area (Å²) in [6.07, 6.45) is 4.22. The Morgan fingerprint density at radius 2 is 1.91 bits per heavy atom. The zero-order chi connectivity index (χ0) is 15.6. The van der Waals surface area contributed by atoms with Gasteiger partial charge in [0.2, 0.25) is 0 Å². The first-order valence-electron chi connectivity index (χ1n) is 7.44. The minimum Gasteiger partial charge on any atom is -0.378 e. The van der Waals surface area contributed by atoms with Crippen LogP contribution in [0.5, 0.6) is 0 Å². The molecule has 23 heavy (non-hydrogen) atoms. The van der Waals surface area contributed by atoms with Crippen LogP contribution in [0.2, 0.25) is 0 Å². The van der Waals surface area contributed by atoms with E-state index >= 15 is 0 Å². The second-order valence-electron chi connectivity index (χ2n) is 5.29. The second kappa shape index (κ2) is 5.77. The molecule has 0 unspecified atom stereocenters. The van der Waals surface area contributed by atoms with E-state index in [1.54, 1.807) is 23.0 Å². The molecule has 0 spiro atoms. The van der Waals surface area contributed by atoms with E-state index in [1.807, 2.05) is 18.2 Å². The van der Waals surface area contributed by atoms with Crippen molar-refractivity contribution in [1.29, 1.82) is 0 Å². The average Bonchev–Trinajstić information content (AvgIpc) is 3.06. The Morgan fingerprint density at radius 1 is 1.13 bits per heavy atom. The predicted octanol–water partition coefficient (Wildman–Crippen LogP) is 1.44. The number of anilines is 1. The van der Waals surface area contributed by atoms with Crippen molar-refractivity contribution >= 4 is 17.8 Å². The van der Waals surface area contributed by atoms with Crippen LogP contribution in [-0.4, -0.2) is 52.2 Å². The van der Waals surface area contributed by atoms with E-state index in [-0.39, 0.29) is 0 Å². The van der Waals surface area contributed by atoms with Gasteiger partial charge in [-0.25, -0.2) is 4.98 Å². The van der Waals surface area contributed by atoms with Crippen LogP contribution in [0.4, 0.5) is 5.82 Å². The summed E-state index contributed by atoms with van der Waals surface area (Å²) in [4.78, 5) is 21.8. The molecule has 4 rings (SSSR count). The summed E-state index contributed by atoms with van der Waals surface area (Å²) in [5.74, 6) is 0.862. The number of carbonyl (C=O) groups excluding carboxylic acids is 1. The highest BCUT2D eigenvalue weighted by atomic mass is 16.5. The van der Waals surface area contributed by atoms with Crippen LogP contribution in [0.3, 0.4) is 0 Å². The fourth-order valence-corrected chi connectivity index (χ4v) is 2.72. The molecular formula is C16H15N5O2. The molecule has 3 aromatic rings. The summed E-state index contributed by atoms with van der Waals surface area (Å²) in [5.41, 5.74) is 2.83. The molecule has 0 N–H and O–H groups in total. The van der Waals surface area contributed by atoms with Gasteiger partial charge in [0, 0.05) is 43.2 Å². The predicted molar refractivity (Wildman–Crippen MR) is 84.6 cm³/mol. The van der Waals surface area contributed by atoms with Crippen molar-refractivity contribution in [2.24, 2.45) is 0 Å². The molecule has 1 saturated heterocycles. The standard InChI is InChI=1S/C16H15N5O2/c22-11-13-9-16(20-5-7-23-8-6-20)21-15(18-13)10-14(19-21)12-1-3-17-4-2-12/h1-4,9-11H,5-8H2. The third-order valence-electron chi connectivity index (χ3n) is 3.86. The smallest absolute Gasteiger partial charge is 0.168 e. The summed E-state index contributed by atoms with van der Waals surface area (Å²) in [5, 5.41) is 4.66. The van der Waals surface area contributed by atoms with Gasteiger partial charge in [-0.1, -0.05) is 0 Å². The number of ether oxygens (including phenoxy) is 1. The highest BCUT2D eigenvalue weighted by Gasteiger charge is 2.18. The normalized spacial score (nSPS) is 15.0. The largest absolute Gasteiger partial charge is 0.378 e.